The maximum Gasteiger partial charge on any atom is 0.132 e. The van der Waals surface area contributed by atoms with Gasteiger partial charge in [0.05, 0.1) is 0 Å². The van der Waals surface area contributed by atoms with Gasteiger partial charge in [0.2, 0.25) is 0 Å². The molecule has 3 aromatic carbocycles. The highest BCUT2D eigenvalue weighted by Gasteiger charge is 2.23. The van der Waals surface area contributed by atoms with Crippen LogP contribution in [0.4, 0.5) is 4.39 Å². The van der Waals surface area contributed by atoms with Crippen molar-refractivity contribution in [2.24, 2.45) is 0 Å². The molecule has 2 atom stereocenters. The molecule has 22 heavy (non-hydrogen) atoms. The van der Waals surface area contributed by atoms with Gasteiger partial charge < -0.3 is 0 Å². The molecule has 0 radical (unpaired) electrons. The van der Waals surface area contributed by atoms with E-state index in [4.69, 9.17) is 0 Å². The van der Waals surface area contributed by atoms with Gasteiger partial charge in [0, 0.05) is 5.92 Å². The molecule has 0 amide bonds. The summed E-state index contributed by atoms with van der Waals surface area (Å²) in [5, 5.41) is 2.39. The summed E-state index contributed by atoms with van der Waals surface area (Å²) < 4.78 is 15.1. The molecule has 0 saturated carbocycles. The van der Waals surface area contributed by atoms with E-state index in [2.05, 4.69) is 37.3 Å². The van der Waals surface area contributed by atoms with Gasteiger partial charge in [0.1, 0.15) is 6.17 Å². The topological polar surface area (TPSA) is 0 Å². The summed E-state index contributed by atoms with van der Waals surface area (Å²) in [6.45, 7) is 2.12. The fraction of sp³-hybridized carbons (Fsp3) is 0.238. The molecule has 0 bridgehead atoms. The number of hydrogen-bond acceptors (Lipinski definition) is 0. The number of benzene rings is 3. The van der Waals surface area contributed by atoms with Gasteiger partial charge in [-0.25, -0.2) is 4.39 Å². The van der Waals surface area contributed by atoms with E-state index < -0.39 is 6.17 Å². The third-order valence-corrected chi connectivity index (χ3v) is 4.27. The van der Waals surface area contributed by atoms with Crippen molar-refractivity contribution in [2.45, 2.75) is 31.9 Å². The van der Waals surface area contributed by atoms with Crippen LogP contribution in [-0.2, 0) is 0 Å². The summed E-state index contributed by atoms with van der Waals surface area (Å²) >= 11 is 0. The monoisotopic (exact) mass is 292 g/mol. The summed E-state index contributed by atoms with van der Waals surface area (Å²) in [4.78, 5) is 0. The number of halogens is 1. The molecular weight excluding hydrogens is 271 g/mol. The first-order valence-corrected chi connectivity index (χ1v) is 7.97. The van der Waals surface area contributed by atoms with Crippen LogP contribution in [0.25, 0.3) is 10.8 Å². The van der Waals surface area contributed by atoms with Gasteiger partial charge in [-0.1, -0.05) is 86.1 Å². The molecule has 0 unspecified atom stereocenters. The van der Waals surface area contributed by atoms with Gasteiger partial charge in [-0.05, 0) is 28.3 Å². The molecule has 1 heteroatoms. The first kappa shape index (κ1) is 14.8. The Hall–Kier alpha value is -2.15. The molecule has 0 aliphatic rings. The Balaban J connectivity index is 1.98. The van der Waals surface area contributed by atoms with Crippen molar-refractivity contribution < 1.29 is 4.39 Å². The number of rotatable bonds is 5. The summed E-state index contributed by atoms with van der Waals surface area (Å²) in [7, 11) is 0. The maximum atomic E-state index is 15.1. The predicted molar refractivity (Wildman–Crippen MR) is 91.9 cm³/mol. The lowest BCUT2D eigenvalue weighted by molar-refractivity contribution is 0.276. The van der Waals surface area contributed by atoms with Gasteiger partial charge in [0.15, 0.2) is 0 Å². The first-order chi connectivity index (χ1) is 10.8. The largest absolute Gasteiger partial charge is 0.242 e. The molecule has 0 aliphatic heterocycles. The van der Waals surface area contributed by atoms with E-state index in [-0.39, 0.29) is 5.92 Å². The molecule has 0 N–H and O–H groups in total. The number of alkyl halides is 1. The molecule has 0 spiro atoms. The standard InChI is InChI=1S/C21H21F/c1-2-8-20(21(22)17-10-4-3-5-11-17)19-14-13-16-9-6-7-12-18(16)15-19/h3-7,9-15,20-21H,2,8H2,1H3/t20-,21+/m1/s1. The zero-order valence-corrected chi connectivity index (χ0v) is 12.9. The van der Waals surface area contributed by atoms with Crippen molar-refractivity contribution in [3.05, 3.63) is 83.9 Å². The quantitative estimate of drug-likeness (QED) is 0.508. The Bertz CT molecular complexity index is 733. The lowest BCUT2D eigenvalue weighted by atomic mass is 9.86. The lowest BCUT2D eigenvalue weighted by Gasteiger charge is -2.22. The molecule has 3 rings (SSSR count). The number of hydrogen-bond donors (Lipinski definition) is 0. The van der Waals surface area contributed by atoms with E-state index in [9.17, 15) is 0 Å². The highest BCUT2D eigenvalue weighted by Crippen LogP contribution is 2.38. The second-order valence-corrected chi connectivity index (χ2v) is 5.81. The van der Waals surface area contributed by atoms with E-state index in [1.165, 1.54) is 10.8 Å². The summed E-state index contributed by atoms with van der Waals surface area (Å²) in [6, 6.07) is 24.1. The van der Waals surface area contributed by atoms with Gasteiger partial charge in [-0.3, -0.25) is 0 Å². The Labute approximate surface area is 131 Å². The summed E-state index contributed by atoms with van der Waals surface area (Å²) in [5.74, 6) is -0.0861. The van der Waals surface area contributed by atoms with Crippen LogP contribution in [0.5, 0.6) is 0 Å². The zero-order chi connectivity index (χ0) is 15.4. The van der Waals surface area contributed by atoms with Crippen LogP contribution in [0, 0.1) is 0 Å². The molecule has 112 valence electrons. The molecule has 3 aromatic rings. The highest BCUT2D eigenvalue weighted by atomic mass is 19.1. The fourth-order valence-corrected chi connectivity index (χ4v) is 3.10. The molecule has 0 nitrogen and oxygen atoms in total. The fourth-order valence-electron chi connectivity index (χ4n) is 3.10. The maximum absolute atomic E-state index is 15.1. The molecule has 0 heterocycles. The summed E-state index contributed by atoms with van der Waals surface area (Å²) in [6.07, 6.45) is 0.876. The third kappa shape index (κ3) is 3.04. The molecule has 0 aliphatic carbocycles. The van der Waals surface area contributed by atoms with Crippen molar-refractivity contribution in [3.8, 4) is 0 Å². The van der Waals surface area contributed by atoms with Crippen LogP contribution in [0.2, 0.25) is 0 Å². The average molecular weight is 292 g/mol. The Kier molecular flexibility index (Phi) is 4.53. The minimum absolute atomic E-state index is 0.0861. The van der Waals surface area contributed by atoms with Crippen molar-refractivity contribution in [2.75, 3.05) is 0 Å². The van der Waals surface area contributed by atoms with Crippen LogP contribution in [0.3, 0.4) is 0 Å². The van der Waals surface area contributed by atoms with E-state index in [1.807, 2.05) is 42.5 Å². The highest BCUT2D eigenvalue weighted by molar-refractivity contribution is 5.83. The summed E-state index contributed by atoms with van der Waals surface area (Å²) in [5.41, 5.74) is 1.87. The average Bonchev–Trinajstić information content (AvgIpc) is 2.59. The molecule has 0 fully saturated rings. The van der Waals surface area contributed by atoms with Crippen LogP contribution < -0.4 is 0 Å². The Morgan fingerprint density at radius 2 is 1.45 bits per heavy atom. The lowest BCUT2D eigenvalue weighted by Crippen LogP contribution is -2.07. The Morgan fingerprint density at radius 1 is 0.773 bits per heavy atom. The van der Waals surface area contributed by atoms with Gasteiger partial charge in [-0.15, -0.1) is 0 Å². The number of fused-ring (bicyclic) bond motifs is 1. The van der Waals surface area contributed by atoms with E-state index in [1.54, 1.807) is 0 Å². The Morgan fingerprint density at radius 3 is 2.18 bits per heavy atom. The normalized spacial score (nSPS) is 13.9. The first-order valence-electron chi connectivity index (χ1n) is 7.97. The van der Waals surface area contributed by atoms with Crippen LogP contribution in [0.1, 0.15) is 43.0 Å². The van der Waals surface area contributed by atoms with Crippen LogP contribution in [0.15, 0.2) is 72.8 Å². The van der Waals surface area contributed by atoms with Crippen molar-refractivity contribution in [1.82, 2.24) is 0 Å². The van der Waals surface area contributed by atoms with Gasteiger partial charge in [0.25, 0.3) is 0 Å². The van der Waals surface area contributed by atoms with Gasteiger partial charge >= 0.3 is 0 Å². The second-order valence-electron chi connectivity index (χ2n) is 5.81. The van der Waals surface area contributed by atoms with E-state index >= 15 is 4.39 Å². The molecule has 0 aromatic heterocycles. The minimum Gasteiger partial charge on any atom is -0.242 e. The van der Waals surface area contributed by atoms with Crippen molar-refractivity contribution >= 4 is 10.8 Å². The molecule has 0 saturated heterocycles. The zero-order valence-electron chi connectivity index (χ0n) is 12.9. The molecular formula is C21H21F. The SMILES string of the molecule is CCC[C@H](c1ccc2ccccc2c1)[C@@H](F)c1ccccc1. The van der Waals surface area contributed by atoms with Gasteiger partial charge in [-0.2, -0.15) is 0 Å². The minimum atomic E-state index is -0.956. The van der Waals surface area contributed by atoms with E-state index in [0.29, 0.717) is 0 Å². The second kappa shape index (κ2) is 6.74. The van der Waals surface area contributed by atoms with Crippen LogP contribution in [-0.4, -0.2) is 0 Å². The van der Waals surface area contributed by atoms with Crippen molar-refractivity contribution in [3.63, 3.8) is 0 Å². The smallest absolute Gasteiger partial charge is 0.132 e. The third-order valence-electron chi connectivity index (χ3n) is 4.27. The van der Waals surface area contributed by atoms with Crippen molar-refractivity contribution in [1.29, 1.82) is 0 Å². The van der Waals surface area contributed by atoms with Crippen LogP contribution >= 0.6 is 0 Å². The predicted octanol–water partition coefficient (Wildman–Crippen LogP) is 6.43. The van der Waals surface area contributed by atoms with E-state index in [0.717, 1.165) is 24.0 Å².